The molecule has 3 nitrogen and oxygen atoms in total. The normalized spacial score (nSPS) is 19.8. The summed E-state index contributed by atoms with van der Waals surface area (Å²) < 4.78 is 0. The monoisotopic (exact) mass is 199 g/mol. The zero-order chi connectivity index (χ0) is 10.9. The molecule has 1 saturated carbocycles. The standard InChI is InChI=1S/C11H21NO2/c1-8(7-9-5-6-9)12(4)11(2,3)10(13)14/h8-9H,5-7H2,1-4H3,(H,13,14). The topological polar surface area (TPSA) is 40.5 Å². The third kappa shape index (κ3) is 2.47. The Labute approximate surface area is 86.1 Å². The van der Waals surface area contributed by atoms with E-state index in [1.54, 1.807) is 13.8 Å². The number of carboxylic acids is 1. The van der Waals surface area contributed by atoms with Crippen LogP contribution in [0.2, 0.25) is 0 Å². The molecule has 1 aliphatic carbocycles. The summed E-state index contributed by atoms with van der Waals surface area (Å²) in [5.74, 6) is 0.0969. The summed E-state index contributed by atoms with van der Waals surface area (Å²) in [6, 6.07) is 0.355. The van der Waals surface area contributed by atoms with Crippen molar-refractivity contribution in [2.45, 2.75) is 51.6 Å². The number of likely N-dealkylation sites (N-methyl/N-ethyl adjacent to an activating group) is 1. The fourth-order valence-electron chi connectivity index (χ4n) is 1.70. The highest BCUT2D eigenvalue weighted by atomic mass is 16.4. The van der Waals surface area contributed by atoms with Gasteiger partial charge in [-0.25, -0.2) is 0 Å². The first-order chi connectivity index (χ1) is 6.35. The average molecular weight is 199 g/mol. The van der Waals surface area contributed by atoms with E-state index in [1.165, 1.54) is 12.8 Å². The average Bonchev–Trinajstić information content (AvgIpc) is 2.86. The van der Waals surface area contributed by atoms with Gasteiger partial charge in [-0.05, 0) is 40.2 Å². The Morgan fingerprint density at radius 1 is 1.57 bits per heavy atom. The van der Waals surface area contributed by atoms with Crippen LogP contribution in [-0.4, -0.2) is 34.6 Å². The quantitative estimate of drug-likeness (QED) is 0.736. The van der Waals surface area contributed by atoms with E-state index in [4.69, 9.17) is 5.11 Å². The molecule has 0 amide bonds. The van der Waals surface area contributed by atoms with Gasteiger partial charge in [-0.15, -0.1) is 0 Å². The lowest BCUT2D eigenvalue weighted by molar-refractivity contribution is -0.149. The highest BCUT2D eigenvalue weighted by molar-refractivity contribution is 5.77. The first kappa shape index (κ1) is 11.5. The van der Waals surface area contributed by atoms with Crippen molar-refractivity contribution in [3.05, 3.63) is 0 Å². The summed E-state index contributed by atoms with van der Waals surface area (Å²) in [7, 11) is 1.90. The molecule has 0 aromatic rings. The van der Waals surface area contributed by atoms with Gasteiger partial charge in [-0.3, -0.25) is 9.69 Å². The highest BCUT2D eigenvalue weighted by Gasteiger charge is 2.36. The minimum Gasteiger partial charge on any atom is -0.480 e. The molecule has 1 rings (SSSR count). The van der Waals surface area contributed by atoms with Crippen molar-refractivity contribution in [3.63, 3.8) is 0 Å². The van der Waals surface area contributed by atoms with Gasteiger partial charge in [0.25, 0.3) is 0 Å². The number of hydrogen-bond acceptors (Lipinski definition) is 2. The maximum atomic E-state index is 11.0. The first-order valence-electron chi connectivity index (χ1n) is 5.32. The molecule has 1 unspecified atom stereocenters. The second kappa shape index (κ2) is 3.89. The number of carbonyl (C=O) groups is 1. The van der Waals surface area contributed by atoms with Gasteiger partial charge in [0.05, 0.1) is 0 Å². The van der Waals surface area contributed by atoms with E-state index in [2.05, 4.69) is 6.92 Å². The second-order valence-electron chi connectivity index (χ2n) is 5.00. The van der Waals surface area contributed by atoms with Crippen molar-refractivity contribution >= 4 is 5.97 Å². The van der Waals surface area contributed by atoms with Gasteiger partial charge < -0.3 is 5.11 Å². The summed E-state index contributed by atoms with van der Waals surface area (Å²) in [4.78, 5) is 13.0. The molecule has 1 fully saturated rings. The first-order valence-corrected chi connectivity index (χ1v) is 5.32. The van der Waals surface area contributed by atoms with Crippen molar-refractivity contribution in [1.29, 1.82) is 0 Å². The number of aliphatic carboxylic acids is 1. The molecular weight excluding hydrogens is 178 g/mol. The van der Waals surface area contributed by atoms with Crippen LogP contribution in [0.5, 0.6) is 0 Å². The Morgan fingerprint density at radius 3 is 2.43 bits per heavy atom. The zero-order valence-electron chi connectivity index (χ0n) is 9.58. The fraction of sp³-hybridized carbons (Fsp3) is 0.909. The number of nitrogens with zero attached hydrogens (tertiary/aromatic N) is 1. The van der Waals surface area contributed by atoms with Gasteiger partial charge in [0.2, 0.25) is 0 Å². The fourth-order valence-corrected chi connectivity index (χ4v) is 1.70. The predicted octanol–water partition coefficient (Wildman–Crippen LogP) is 1.97. The van der Waals surface area contributed by atoms with Gasteiger partial charge >= 0.3 is 5.97 Å². The summed E-state index contributed by atoms with van der Waals surface area (Å²) in [6.07, 6.45) is 3.78. The largest absolute Gasteiger partial charge is 0.480 e. The van der Waals surface area contributed by atoms with Crippen molar-refractivity contribution < 1.29 is 9.90 Å². The predicted molar refractivity (Wildman–Crippen MR) is 56.3 cm³/mol. The lowest BCUT2D eigenvalue weighted by Gasteiger charge is -2.36. The molecule has 0 aromatic heterocycles. The summed E-state index contributed by atoms with van der Waals surface area (Å²) in [5, 5.41) is 9.07. The molecule has 82 valence electrons. The molecule has 1 N–H and O–H groups in total. The smallest absolute Gasteiger partial charge is 0.323 e. The van der Waals surface area contributed by atoms with Crippen molar-refractivity contribution in [3.8, 4) is 0 Å². The molecule has 3 heteroatoms. The summed E-state index contributed by atoms with van der Waals surface area (Å²) in [6.45, 7) is 5.64. The van der Waals surface area contributed by atoms with Gasteiger partial charge in [0.1, 0.15) is 5.54 Å². The van der Waals surface area contributed by atoms with Gasteiger partial charge in [0, 0.05) is 6.04 Å². The van der Waals surface area contributed by atoms with E-state index < -0.39 is 11.5 Å². The van der Waals surface area contributed by atoms with Crippen molar-refractivity contribution in [2.24, 2.45) is 5.92 Å². The van der Waals surface area contributed by atoms with Gasteiger partial charge in [-0.1, -0.05) is 12.8 Å². The Kier molecular flexibility index (Phi) is 3.20. The van der Waals surface area contributed by atoms with E-state index >= 15 is 0 Å². The van der Waals surface area contributed by atoms with Crippen LogP contribution >= 0.6 is 0 Å². The molecule has 0 aromatic carbocycles. The minimum absolute atomic E-state index is 0.355. The maximum absolute atomic E-state index is 11.0. The Bertz CT molecular complexity index is 221. The van der Waals surface area contributed by atoms with Crippen LogP contribution in [0, 0.1) is 5.92 Å². The third-order valence-corrected chi connectivity index (χ3v) is 3.44. The van der Waals surface area contributed by atoms with Crippen LogP contribution in [0.3, 0.4) is 0 Å². The minimum atomic E-state index is -0.756. The van der Waals surface area contributed by atoms with Crippen LogP contribution in [-0.2, 0) is 4.79 Å². The van der Waals surface area contributed by atoms with Crippen LogP contribution in [0.25, 0.3) is 0 Å². The maximum Gasteiger partial charge on any atom is 0.323 e. The summed E-state index contributed by atoms with van der Waals surface area (Å²) in [5.41, 5.74) is -0.756. The Balaban J connectivity index is 2.52. The number of hydrogen-bond donors (Lipinski definition) is 1. The van der Waals surface area contributed by atoms with Gasteiger partial charge in [0.15, 0.2) is 0 Å². The molecule has 0 aliphatic heterocycles. The van der Waals surface area contributed by atoms with Crippen LogP contribution in [0.4, 0.5) is 0 Å². The van der Waals surface area contributed by atoms with E-state index in [0.29, 0.717) is 6.04 Å². The third-order valence-electron chi connectivity index (χ3n) is 3.44. The van der Waals surface area contributed by atoms with E-state index in [1.807, 2.05) is 11.9 Å². The highest BCUT2D eigenvalue weighted by Crippen LogP contribution is 2.35. The SMILES string of the molecule is CC(CC1CC1)N(C)C(C)(C)C(=O)O. The van der Waals surface area contributed by atoms with Crippen LogP contribution in [0.15, 0.2) is 0 Å². The molecule has 0 saturated heterocycles. The lowest BCUT2D eigenvalue weighted by Crippen LogP contribution is -2.51. The molecule has 0 spiro atoms. The van der Waals surface area contributed by atoms with Crippen molar-refractivity contribution in [2.75, 3.05) is 7.05 Å². The van der Waals surface area contributed by atoms with E-state index in [9.17, 15) is 4.79 Å². The summed E-state index contributed by atoms with van der Waals surface area (Å²) >= 11 is 0. The van der Waals surface area contributed by atoms with Crippen molar-refractivity contribution in [1.82, 2.24) is 4.90 Å². The molecule has 1 atom stereocenters. The van der Waals surface area contributed by atoms with Gasteiger partial charge in [-0.2, -0.15) is 0 Å². The molecular formula is C11H21NO2. The molecule has 1 aliphatic rings. The Morgan fingerprint density at radius 2 is 2.07 bits per heavy atom. The number of carboxylic acid groups (broad SMARTS) is 1. The zero-order valence-corrected chi connectivity index (χ0v) is 9.58. The molecule has 0 radical (unpaired) electrons. The van der Waals surface area contributed by atoms with Crippen LogP contribution in [0.1, 0.15) is 40.0 Å². The van der Waals surface area contributed by atoms with E-state index in [0.717, 1.165) is 12.3 Å². The van der Waals surface area contributed by atoms with E-state index in [-0.39, 0.29) is 0 Å². The Hall–Kier alpha value is -0.570. The lowest BCUT2D eigenvalue weighted by atomic mass is 9.99. The molecule has 14 heavy (non-hydrogen) atoms. The molecule has 0 heterocycles. The second-order valence-corrected chi connectivity index (χ2v) is 5.00. The molecule has 0 bridgehead atoms. The number of rotatable bonds is 5. The van der Waals surface area contributed by atoms with Crippen LogP contribution < -0.4 is 0 Å².